The fourth-order valence-corrected chi connectivity index (χ4v) is 2.46. The minimum Gasteiger partial charge on any atom is -0.310 e. The first-order valence-corrected chi connectivity index (χ1v) is 6.30. The molecule has 0 aliphatic carbocycles. The number of aryl methyl sites for hydroxylation is 1. The van der Waals surface area contributed by atoms with E-state index in [0.717, 1.165) is 21.3 Å². The molecule has 0 fully saturated rings. The first-order valence-electron chi connectivity index (χ1n) is 5.13. The summed E-state index contributed by atoms with van der Waals surface area (Å²) in [6.07, 6.45) is 0. The van der Waals surface area contributed by atoms with E-state index < -0.39 is 0 Å². The van der Waals surface area contributed by atoms with Crippen molar-refractivity contribution in [3.05, 3.63) is 55.7 Å². The van der Waals surface area contributed by atoms with E-state index in [1.54, 1.807) is 17.7 Å². The molecule has 0 amide bonds. The van der Waals surface area contributed by atoms with E-state index in [0.29, 0.717) is 0 Å². The van der Waals surface area contributed by atoms with Crippen LogP contribution in [0, 0.1) is 6.92 Å². The molecule has 0 bridgehead atoms. The fourth-order valence-electron chi connectivity index (χ4n) is 1.79. The van der Waals surface area contributed by atoms with Gasteiger partial charge in [0.15, 0.2) is 0 Å². The average Bonchev–Trinajstić information content (AvgIpc) is 2.28. The monoisotopic (exact) mass is 311 g/mol. The van der Waals surface area contributed by atoms with Crippen molar-refractivity contribution in [3.63, 3.8) is 0 Å². The van der Waals surface area contributed by atoms with Crippen molar-refractivity contribution < 1.29 is 0 Å². The molecule has 0 unspecified atom stereocenters. The highest BCUT2D eigenvalue weighted by molar-refractivity contribution is 9.10. The summed E-state index contributed by atoms with van der Waals surface area (Å²) in [5.74, 6) is 0. The molecule has 0 N–H and O–H groups in total. The molecule has 4 heteroatoms. The lowest BCUT2D eigenvalue weighted by Crippen LogP contribution is -2.18. The van der Waals surface area contributed by atoms with Gasteiger partial charge in [-0.3, -0.25) is 4.79 Å². The molecule has 1 heterocycles. The van der Waals surface area contributed by atoms with Gasteiger partial charge >= 0.3 is 0 Å². The quantitative estimate of drug-likeness (QED) is 0.785. The second-order valence-electron chi connectivity index (χ2n) is 3.89. The number of pyridine rings is 1. The van der Waals surface area contributed by atoms with Crippen LogP contribution in [0.15, 0.2) is 39.6 Å². The van der Waals surface area contributed by atoms with Crippen LogP contribution < -0.4 is 5.56 Å². The lowest BCUT2D eigenvalue weighted by molar-refractivity contribution is 0.870. The maximum atomic E-state index is 11.8. The van der Waals surface area contributed by atoms with E-state index in [-0.39, 0.29) is 10.6 Å². The van der Waals surface area contributed by atoms with Crippen molar-refractivity contribution in [2.75, 3.05) is 0 Å². The van der Waals surface area contributed by atoms with Crippen LogP contribution >= 0.6 is 27.5 Å². The van der Waals surface area contributed by atoms with E-state index in [9.17, 15) is 4.79 Å². The third-order valence-corrected chi connectivity index (χ3v) is 3.50. The van der Waals surface area contributed by atoms with Crippen LogP contribution in [0.4, 0.5) is 0 Å². The molecule has 0 saturated heterocycles. The van der Waals surface area contributed by atoms with Crippen LogP contribution in [0.5, 0.6) is 0 Å². The topological polar surface area (TPSA) is 22.0 Å². The number of hydrogen-bond donors (Lipinski definition) is 0. The van der Waals surface area contributed by atoms with E-state index >= 15 is 0 Å². The van der Waals surface area contributed by atoms with Crippen molar-refractivity contribution in [1.82, 2.24) is 4.57 Å². The minimum atomic E-state index is -0.175. The van der Waals surface area contributed by atoms with Crippen LogP contribution in [0.2, 0.25) is 5.02 Å². The van der Waals surface area contributed by atoms with Gasteiger partial charge in [-0.1, -0.05) is 33.6 Å². The van der Waals surface area contributed by atoms with Gasteiger partial charge in [0.25, 0.3) is 5.56 Å². The van der Waals surface area contributed by atoms with Crippen molar-refractivity contribution in [2.24, 2.45) is 7.05 Å². The highest BCUT2D eigenvalue weighted by Crippen LogP contribution is 2.25. The highest BCUT2D eigenvalue weighted by Gasteiger charge is 2.08. The van der Waals surface area contributed by atoms with Crippen LogP contribution in [0.3, 0.4) is 0 Å². The third-order valence-electron chi connectivity index (χ3n) is 2.72. The first-order chi connectivity index (χ1) is 8.00. The predicted octanol–water partition coefficient (Wildman–Crippen LogP) is 3.78. The van der Waals surface area contributed by atoms with E-state index in [4.69, 9.17) is 11.6 Å². The van der Waals surface area contributed by atoms with Gasteiger partial charge in [-0.15, -0.1) is 0 Å². The molecule has 0 spiro atoms. The molecule has 0 saturated carbocycles. The second-order valence-corrected chi connectivity index (χ2v) is 5.21. The van der Waals surface area contributed by atoms with Crippen molar-refractivity contribution in [2.45, 2.75) is 6.92 Å². The molecule has 0 radical (unpaired) electrons. The summed E-state index contributed by atoms with van der Waals surface area (Å²) < 4.78 is 2.59. The molecule has 1 aromatic carbocycles. The molecule has 2 aromatic rings. The molecule has 0 aliphatic rings. The normalized spacial score (nSPS) is 10.6. The number of rotatable bonds is 1. The predicted molar refractivity (Wildman–Crippen MR) is 74.6 cm³/mol. The van der Waals surface area contributed by atoms with Crippen LogP contribution in [0.25, 0.3) is 11.3 Å². The number of halogens is 2. The Morgan fingerprint density at radius 3 is 2.59 bits per heavy atom. The van der Waals surface area contributed by atoms with Crippen LogP contribution in [-0.4, -0.2) is 4.57 Å². The van der Waals surface area contributed by atoms with Gasteiger partial charge in [-0.25, -0.2) is 0 Å². The Labute approximate surface area is 113 Å². The molecule has 1 aromatic heterocycles. The lowest BCUT2D eigenvalue weighted by atomic mass is 10.1. The molecule has 0 atom stereocenters. The Bertz CT molecular complexity index is 634. The van der Waals surface area contributed by atoms with Gasteiger partial charge < -0.3 is 4.57 Å². The maximum absolute atomic E-state index is 11.8. The fraction of sp³-hybridized carbons (Fsp3) is 0.154. The zero-order valence-corrected chi connectivity index (χ0v) is 11.8. The molecule has 2 nitrogen and oxygen atoms in total. The van der Waals surface area contributed by atoms with E-state index in [1.165, 1.54) is 0 Å². The van der Waals surface area contributed by atoms with E-state index in [1.807, 2.05) is 31.2 Å². The molecule has 17 heavy (non-hydrogen) atoms. The molecular formula is C13H11BrClNO. The summed E-state index contributed by atoms with van der Waals surface area (Å²) in [5, 5.41) is 0.242. The van der Waals surface area contributed by atoms with Crippen molar-refractivity contribution >= 4 is 27.5 Å². The molecule has 2 rings (SSSR count). The Balaban J connectivity index is 2.69. The zero-order chi connectivity index (χ0) is 12.6. The Hall–Kier alpha value is -1.06. The van der Waals surface area contributed by atoms with Crippen LogP contribution in [-0.2, 0) is 7.05 Å². The zero-order valence-electron chi connectivity index (χ0n) is 9.50. The van der Waals surface area contributed by atoms with Crippen molar-refractivity contribution in [1.29, 1.82) is 0 Å². The minimum absolute atomic E-state index is 0.175. The summed E-state index contributed by atoms with van der Waals surface area (Å²) in [6.45, 7) is 2.01. The van der Waals surface area contributed by atoms with Crippen LogP contribution in [0.1, 0.15) is 5.56 Å². The van der Waals surface area contributed by atoms with Crippen molar-refractivity contribution in [3.8, 4) is 11.3 Å². The summed E-state index contributed by atoms with van der Waals surface area (Å²) in [4.78, 5) is 11.8. The Morgan fingerprint density at radius 2 is 1.94 bits per heavy atom. The second kappa shape index (κ2) is 4.67. The van der Waals surface area contributed by atoms with E-state index in [2.05, 4.69) is 15.9 Å². The van der Waals surface area contributed by atoms with Gasteiger partial charge in [0.2, 0.25) is 0 Å². The SMILES string of the molecule is Cc1cc(Br)ccc1-c1ccc(Cl)c(=O)n1C. The molecule has 88 valence electrons. The largest absolute Gasteiger partial charge is 0.310 e. The van der Waals surface area contributed by atoms with Gasteiger partial charge in [0, 0.05) is 17.1 Å². The molecular weight excluding hydrogens is 302 g/mol. The maximum Gasteiger partial charge on any atom is 0.269 e. The third kappa shape index (κ3) is 2.31. The Kier molecular flexibility index (Phi) is 3.40. The number of benzene rings is 1. The lowest BCUT2D eigenvalue weighted by Gasteiger charge is -2.11. The Morgan fingerprint density at radius 1 is 1.24 bits per heavy atom. The number of aromatic nitrogens is 1. The number of hydrogen-bond acceptors (Lipinski definition) is 1. The van der Waals surface area contributed by atoms with Gasteiger partial charge in [0.1, 0.15) is 5.02 Å². The summed E-state index contributed by atoms with van der Waals surface area (Å²) >= 11 is 9.22. The number of nitrogens with zero attached hydrogens (tertiary/aromatic N) is 1. The summed E-state index contributed by atoms with van der Waals surface area (Å²) in [5.41, 5.74) is 2.83. The van der Waals surface area contributed by atoms with Gasteiger partial charge in [0.05, 0.1) is 5.69 Å². The van der Waals surface area contributed by atoms with Gasteiger partial charge in [-0.05, 0) is 36.8 Å². The first kappa shape index (κ1) is 12.4. The van der Waals surface area contributed by atoms with Gasteiger partial charge in [-0.2, -0.15) is 0 Å². The summed E-state index contributed by atoms with van der Waals surface area (Å²) in [6, 6.07) is 9.47. The highest BCUT2D eigenvalue weighted by atomic mass is 79.9. The average molecular weight is 313 g/mol. The standard InChI is InChI=1S/C13H11BrClNO/c1-8-7-9(14)3-4-10(8)12-6-5-11(15)13(17)16(12)2/h3-7H,1-2H3. The molecule has 0 aliphatic heterocycles. The smallest absolute Gasteiger partial charge is 0.269 e. The summed E-state index contributed by atoms with van der Waals surface area (Å²) in [7, 11) is 1.73.